The molecule has 0 saturated heterocycles. The average Bonchev–Trinajstić information content (AvgIpc) is 3.06. The quantitative estimate of drug-likeness (QED) is 0.816. The largest absolute Gasteiger partial charge is 0.353 e. The van der Waals surface area contributed by atoms with E-state index in [9.17, 15) is 4.79 Å². The molecule has 0 unspecified atom stereocenters. The molecule has 4 nitrogen and oxygen atoms in total. The van der Waals surface area contributed by atoms with Gasteiger partial charge in [-0.1, -0.05) is 31.5 Å². The Morgan fingerprint density at radius 2 is 2.10 bits per heavy atom. The number of imidazole rings is 1. The van der Waals surface area contributed by atoms with E-state index in [1.54, 1.807) is 11.8 Å². The van der Waals surface area contributed by atoms with Gasteiger partial charge < -0.3 is 9.88 Å². The summed E-state index contributed by atoms with van der Waals surface area (Å²) in [6.07, 6.45) is 6.05. The van der Waals surface area contributed by atoms with Gasteiger partial charge in [0.05, 0.1) is 11.4 Å². The highest BCUT2D eigenvalue weighted by molar-refractivity contribution is 7.99. The first-order valence-corrected chi connectivity index (χ1v) is 8.99. The molecule has 118 valence electrons. The lowest BCUT2D eigenvalue weighted by atomic mass is 10.2. The molecule has 0 bridgehead atoms. The fraction of sp³-hybridized carbons (Fsp3) is 0.750. The predicted octanol–water partition coefficient (Wildman–Crippen LogP) is 3.62. The van der Waals surface area contributed by atoms with Gasteiger partial charge in [0.25, 0.3) is 0 Å². The number of carbonyl (C=O) groups excluding carboxylic acids is 1. The molecule has 1 N–H and O–H groups in total. The summed E-state index contributed by atoms with van der Waals surface area (Å²) in [5.74, 6) is 0.554. The normalized spacial score (nSPS) is 17.1. The summed E-state index contributed by atoms with van der Waals surface area (Å²) in [4.78, 5) is 16.6. The van der Waals surface area contributed by atoms with Crippen molar-refractivity contribution in [3.63, 3.8) is 0 Å². The SMILES string of the molecule is CC[C@H](C)NC(=O)CSc1nc(C)c(C)n1C1CCCC1. The second kappa shape index (κ2) is 7.34. The average molecular weight is 309 g/mol. The van der Waals surface area contributed by atoms with E-state index < -0.39 is 0 Å². The fourth-order valence-electron chi connectivity index (χ4n) is 2.84. The molecule has 0 radical (unpaired) electrons. The highest BCUT2D eigenvalue weighted by Gasteiger charge is 2.23. The minimum atomic E-state index is 0.102. The summed E-state index contributed by atoms with van der Waals surface area (Å²) in [7, 11) is 0. The lowest BCUT2D eigenvalue weighted by Crippen LogP contribution is -2.33. The van der Waals surface area contributed by atoms with E-state index in [0.29, 0.717) is 11.8 Å². The zero-order valence-electron chi connectivity index (χ0n) is 13.6. The van der Waals surface area contributed by atoms with Crippen LogP contribution in [0.1, 0.15) is 63.4 Å². The van der Waals surface area contributed by atoms with Gasteiger partial charge in [0.2, 0.25) is 5.91 Å². The topological polar surface area (TPSA) is 46.9 Å². The number of aryl methyl sites for hydroxylation is 1. The molecular formula is C16H27N3OS. The van der Waals surface area contributed by atoms with Gasteiger partial charge >= 0.3 is 0 Å². The van der Waals surface area contributed by atoms with Gasteiger partial charge in [0.1, 0.15) is 0 Å². The summed E-state index contributed by atoms with van der Waals surface area (Å²) < 4.78 is 2.36. The standard InChI is InChI=1S/C16H27N3OS/c1-5-11(2)17-15(20)10-21-16-18-12(3)13(4)19(16)14-8-6-7-9-14/h11,14H,5-10H2,1-4H3,(H,17,20)/t11-/m0/s1. The number of hydrogen-bond donors (Lipinski definition) is 1. The monoisotopic (exact) mass is 309 g/mol. The van der Waals surface area contributed by atoms with E-state index in [1.165, 1.54) is 31.4 Å². The summed E-state index contributed by atoms with van der Waals surface area (Å²) >= 11 is 1.57. The lowest BCUT2D eigenvalue weighted by Gasteiger charge is -2.17. The Balaban J connectivity index is 2.02. The smallest absolute Gasteiger partial charge is 0.230 e. The molecule has 1 saturated carbocycles. The van der Waals surface area contributed by atoms with Gasteiger partial charge in [-0.15, -0.1) is 0 Å². The van der Waals surface area contributed by atoms with Crippen molar-refractivity contribution in [2.45, 2.75) is 77.0 Å². The fourth-order valence-corrected chi connectivity index (χ4v) is 3.81. The van der Waals surface area contributed by atoms with E-state index >= 15 is 0 Å². The lowest BCUT2D eigenvalue weighted by molar-refractivity contribution is -0.119. The highest BCUT2D eigenvalue weighted by atomic mass is 32.2. The van der Waals surface area contributed by atoms with Gasteiger partial charge in [-0.25, -0.2) is 4.98 Å². The van der Waals surface area contributed by atoms with Gasteiger partial charge in [-0.05, 0) is 40.0 Å². The van der Waals surface area contributed by atoms with Gasteiger partial charge in [0, 0.05) is 17.8 Å². The predicted molar refractivity (Wildman–Crippen MR) is 87.8 cm³/mol. The summed E-state index contributed by atoms with van der Waals surface area (Å²) in [6, 6.07) is 0.822. The van der Waals surface area contributed by atoms with Gasteiger partial charge in [-0.2, -0.15) is 0 Å². The molecule has 1 aromatic heterocycles. The summed E-state index contributed by atoms with van der Waals surface area (Å²) in [5.41, 5.74) is 2.35. The van der Waals surface area contributed by atoms with Crippen LogP contribution in [0.5, 0.6) is 0 Å². The number of rotatable bonds is 6. The van der Waals surface area contributed by atoms with Crippen molar-refractivity contribution in [1.29, 1.82) is 0 Å². The summed E-state index contributed by atoms with van der Waals surface area (Å²) in [6.45, 7) is 8.32. The van der Waals surface area contributed by atoms with Crippen LogP contribution < -0.4 is 5.32 Å². The van der Waals surface area contributed by atoms with Crippen LogP contribution in [0, 0.1) is 13.8 Å². The van der Waals surface area contributed by atoms with Crippen LogP contribution in [0.4, 0.5) is 0 Å². The third-order valence-corrected chi connectivity index (χ3v) is 5.35. The van der Waals surface area contributed by atoms with Crippen molar-refractivity contribution in [1.82, 2.24) is 14.9 Å². The van der Waals surface area contributed by atoms with Crippen molar-refractivity contribution < 1.29 is 4.79 Å². The third kappa shape index (κ3) is 4.02. The second-order valence-electron chi connectivity index (χ2n) is 6.04. The molecule has 1 amide bonds. The van der Waals surface area contributed by atoms with E-state index in [4.69, 9.17) is 0 Å². The maximum atomic E-state index is 11.9. The van der Waals surface area contributed by atoms with Crippen molar-refractivity contribution in [2.24, 2.45) is 0 Å². The molecule has 0 spiro atoms. The van der Waals surface area contributed by atoms with Crippen molar-refractivity contribution in [3.8, 4) is 0 Å². The van der Waals surface area contributed by atoms with Gasteiger partial charge in [-0.3, -0.25) is 4.79 Å². The molecule has 0 aliphatic heterocycles. The van der Waals surface area contributed by atoms with Crippen LogP contribution in [0.15, 0.2) is 5.16 Å². The Bertz CT molecular complexity index is 492. The summed E-state index contributed by atoms with van der Waals surface area (Å²) in [5, 5.41) is 4.02. The highest BCUT2D eigenvalue weighted by Crippen LogP contribution is 2.35. The van der Waals surface area contributed by atoms with E-state index in [-0.39, 0.29) is 11.9 Å². The van der Waals surface area contributed by atoms with E-state index in [1.807, 2.05) is 6.92 Å². The molecule has 1 atom stereocenters. The van der Waals surface area contributed by atoms with Crippen molar-refractivity contribution in [2.75, 3.05) is 5.75 Å². The van der Waals surface area contributed by atoms with Crippen LogP contribution in [-0.4, -0.2) is 27.3 Å². The van der Waals surface area contributed by atoms with Crippen LogP contribution in [0.3, 0.4) is 0 Å². The Kier molecular flexibility index (Phi) is 5.73. The number of nitrogens with one attached hydrogen (secondary N) is 1. The number of hydrogen-bond acceptors (Lipinski definition) is 3. The molecule has 21 heavy (non-hydrogen) atoms. The number of amides is 1. The minimum Gasteiger partial charge on any atom is -0.353 e. The van der Waals surface area contributed by atoms with Crippen LogP contribution in [-0.2, 0) is 4.79 Å². The van der Waals surface area contributed by atoms with Gasteiger partial charge in [0.15, 0.2) is 5.16 Å². The number of nitrogens with zero attached hydrogens (tertiary/aromatic N) is 2. The third-order valence-electron chi connectivity index (χ3n) is 4.40. The maximum absolute atomic E-state index is 11.9. The molecule has 0 aromatic carbocycles. The molecule has 1 aliphatic rings. The number of aromatic nitrogens is 2. The molecule has 2 rings (SSSR count). The molecule has 1 heterocycles. The van der Waals surface area contributed by atoms with Crippen LogP contribution in [0.25, 0.3) is 0 Å². The first kappa shape index (κ1) is 16.4. The number of carbonyl (C=O) groups is 1. The zero-order valence-corrected chi connectivity index (χ0v) is 14.4. The molecule has 1 aromatic rings. The molecular weight excluding hydrogens is 282 g/mol. The molecule has 1 fully saturated rings. The maximum Gasteiger partial charge on any atom is 0.230 e. The Morgan fingerprint density at radius 1 is 1.43 bits per heavy atom. The first-order chi connectivity index (χ1) is 10.0. The van der Waals surface area contributed by atoms with E-state index in [2.05, 4.69) is 35.6 Å². The minimum absolute atomic E-state index is 0.102. The molecule has 5 heteroatoms. The number of thioether (sulfide) groups is 1. The zero-order chi connectivity index (χ0) is 15.4. The van der Waals surface area contributed by atoms with Crippen LogP contribution >= 0.6 is 11.8 Å². The first-order valence-electron chi connectivity index (χ1n) is 8.00. The second-order valence-corrected chi connectivity index (χ2v) is 6.98. The van der Waals surface area contributed by atoms with Crippen molar-refractivity contribution in [3.05, 3.63) is 11.4 Å². The van der Waals surface area contributed by atoms with Crippen LogP contribution in [0.2, 0.25) is 0 Å². The van der Waals surface area contributed by atoms with E-state index in [0.717, 1.165) is 17.3 Å². The van der Waals surface area contributed by atoms with Crippen molar-refractivity contribution >= 4 is 17.7 Å². The Hall–Kier alpha value is -0.970. The Labute approximate surface area is 132 Å². The molecule has 1 aliphatic carbocycles. The Morgan fingerprint density at radius 3 is 2.71 bits per heavy atom.